The number of hydrogen-bond donors (Lipinski definition) is 1. The molecular formula is C13H9BrF3NO. The molecule has 2 N–H and O–H groups in total. The minimum absolute atomic E-state index is 0.00289. The molecule has 0 radical (unpaired) electrons. The quantitative estimate of drug-likeness (QED) is 0.799. The van der Waals surface area contributed by atoms with Crippen molar-refractivity contribution in [3.05, 3.63) is 52.5 Å². The number of halogens is 4. The van der Waals surface area contributed by atoms with Gasteiger partial charge in [-0.25, -0.2) is 0 Å². The van der Waals surface area contributed by atoms with Crippen molar-refractivity contribution in [1.29, 1.82) is 0 Å². The molecule has 0 fully saturated rings. The number of nitrogen functional groups attached to an aromatic ring is 1. The van der Waals surface area contributed by atoms with Crippen molar-refractivity contribution in [2.45, 2.75) is 6.18 Å². The van der Waals surface area contributed by atoms with Crippen molar-refractivity contribution in [1.82, 2.24) is 0 Å². The number of benzene rings is 2. The van der Waals surface area contributed by atoms with Crippen molar-refractivity contribution >= 4 is 21.6 Å². The van der Waals surface area contributed by atoms with Crippen LogP contribution in [0.1, 0.15) is 5.56 Å². The Labute approximate surface area is 116 Å². The highest BCUT2D eigenvalue weighted by molar-refractivity contribution is 9.10. The Morgan fingerprint density at radius 1 is 1.05 bits per heavy atom. The molecule has 2 nitrogen and oxygen atoms in total. The maximum atomic E-state index is 12.6. The third-order valence-corrected chi connectivity index (χ3v) is 2.98. The van der Waals surface area contributed by atoms with E-state index in [-0.39, 0.29) is 11.4 Å². The van der Waals surface area contributed by atoms with Gasteiger partial charge in [-0.15, -0.1) is 0 Å². The van der Waals surface area contributed by atoms with Crippen LogP contribution in [0.5, 0.6) is 11.5 Å². The van der Waals surface area contributed by atoms with E-state index in [4.69, 9.17) is 10.5 Å². The second-order valence-electron chi connectivity index (χ2n) is 3.82. The summed E-state index contributed by atoms with van der Waals surface area (Å²) < 4.78 is 44.0. The summed E-state index contributed by atoms with van der Waals surface area (Å²) >= 11 is 3.25. The van der Waals surface area contributed by atoms with Gasteiger partial charge < -0.3 is 10.5 Å². The van der Waals surface area contributed by atoms with E-state index in [0.717, 1.165) is 12.1 Å². The Balaban J connectivity index is 2.36. The summed E-state index contributed by atoms with van der Waals surface area (Å²) in [4.78, 5) is 0. The number of hydrogen-bond acceptors (Lipinski definition) is 2. The third-order valence-electron chi connectivity index (χ3n) is 2.32. The van der Waals surface area contributed by atoms with Crippen molar-refractivity contribution < 1.29 is 17.9 Å². The molecule has 0 aliphatic carbocycles. The Bertz CT molecular complexity index is 599. The predicted molar refractivity (Wildman–Crippen MR) is 70.1 cm³/mol. The summed E-state index contributed by atoms with van der Waals surface area (Å²) in [6.45, 7) is 0. The molecule has 0 saturated carbocycles. The molecule has 0 bridgehead atoms. The van der Waals surface area contributed by atoms with Crippen molar-refractivity contribution in [2.75, 3.05) is 5.73 Å². The van der Waals surface area contributed by atoms with Crippen LogP contribution in [0.4, 0.5) is 18.9 Å². The van der Waals surface area contributed by atoms with E-state index in [2.05, 4.69) is 15.9 Å². The van der Waals surface area contributed by atoms with E-state index in [9.17, 15) is 13.2 Å². The van der Waals surface area contributed by atoms with Crippen LogP contribution in [0.15, 0.2) is 46.9 Å². The van der Waals surface area contributed by atoms with Crippen LogP contribution in [0.3, 0.4) is 0 Å². The van der Waals surface area contributed by atoms with Crippen molar-refractivity contribution in [2.24, 2.45) is 0 Å². The number of alkyl halides is 3. The summed E-state index contributed by atoms with van der Waals surface area (Å²) in [6, 6.07) is 9.98. The minimum atomic E-state index is -4.46. The molecular weight excluding hydrogens is 323 g/mol. The molecule has 0 unspecified atom stereocenters. The zero-order chi connectivity index (χ0) is 14.0. The zero-order valence-electron chi connectivity index (χ0n) is 9.54. The summed E-state index contributed by atoms with van der Waals surface area (Å²) in [5.74, 6) is 0.459. The molecule has 0 aliphatic heterocycles. The molecule has 0 amide bonds. The van der Waals surface area contributed by atoms with Gasteiger partial charge in [0.1, 0.15) is 11.5 Å². The fourth-order valence-electron chi connectivity index (χ4n) is 1.50. The molecule has 0 atom stereocenters. The lowest BCUT2D eigenvalue weighted by Gasteiger charge is -2.12. The Kier molecular flexibility index (Phi) is 3.71. The zero-order valence-corrected chi connectivity index (χ0v) is 11.1. The highest BCUT2D eigenvalue weighted by Crippen LogP contribution is 2.36. The molecule has 6 heteroatoms. The SMILES string of the molecule is Nc1cc(Oc2ccccc2Br)cc(C(F)(F)F)c1. The fourth-order valence-corrected chi connectivity index (χ4v) is 1.86. The van der Waals surface area contributed by atoms with Gasteiger partial charge in [0.15, 0.2) is 0 Å². The van der Waals surface area contributed by atoms with Crippen LogP contribution in [0.2, 0.25) is 0 Å². The van der Waals surface area contributed by atoms with Crippen LogP contribution in [0.25, 0.3) is 0 Å². The van der Waals surface area contributed by atoms with E-state index in [1.165, 1.54) is 6.07 Å². The molecule has 0 spiro atoms. The van der Waals surface area contributed by atoms with E-state index in [1.54, 1.807) is 24.3 Å². The van der Waals surface area contributed by atoms with Gasteiger partial charge in [-0.2, -0.15) is 13.2 Å². The Hall–Kier alpha value is -1.69. The van der Waals surface area contributed by atoms with Crippen molar-refractivity contribution in [3.8, 4) is 11.5 Å². The van der Waals surface area contributed by atoms with Gasteiger partial charge in [-0.3, -0.25) is 0 Å². The third kappa shape index (κ3) is 3.41. The predicted octanol–water partition coefficient (Wildman–Crippen LogP) is 4.84. The smallest absolute Gasteiger partial charge is 0.416 e. The average molecular weight is 332 g/mol. The number of para-hydroxylation sites is 1. The topological polar surface area (TPSA) is 35.2 Å². The second kappa shape index (κ2) is 5.13. The minimum Gasteiger partial charge on any atom is -0.456 e. The maximum absolute atomic E-state index is 12.6. The van der Waals surface area contributed by atoms with Crippen LogP contribution < -0.4 is 10.5 Å². The summed E-state index contributed by atoms with van der Waals surface area (Å²) in [6.07, 6.45) is -4.46. The normalized spacial score (nSPS) is 11.4. The first-order chi connectivity index (χ1) is 8.86. The van der Waals surface area contributed by atoms with E-state index in [1.807, 2.05) is 0 Å². The van der Waals surface area contributed by atoms with Gasteiger partial charge in [0.05, 0.1) is 10.0 Å². The van der Waals surface area contributed by atoms with Crippen LogP contribution in [0, 0.1) is 0 Å². The Morgan fingerprint density at radius 2 is 1.74 bits per heavy atom. The van der Waals surface area contributed by atoms with Gasteiger partial charge in [0.2, 0.25) is 0 Å². The molecule has 0 heterocycles. The van der Waals surface area contributed by atoms with E-state index < -0.39 is 11.7 Å². The molecule has 100 valence electrons. The largest absolute Gasteiger partial charge is 0.456 e. The standard InChI is InChI=1S/C13H9BrF3NO/c14-11-3-1-2-4-12(11)19-10-6-8(13(15,16)17)5-9(18)7-10/h1-7H,18H2. The van der Waals surface area contributed by atoms with Gasteiger partial charge in [-0.1, -0.05) is 12.1 Å². The first kappa shape index (κ1) is 13.7. The summed E-state index contributed by atoms with van der Waals surface area (Å²) in [5, 5.41) is 0. The molecule has 0 saturated heterocycles. The molecule has 2 rings (SSSR count). The highest BCUT2D eigenvalue weighted by Gasteiger charge is 2.31. The summed E-state index contributed by atoms with van der Waals surface area (Å²) in [5.41, 5.74) is 4.61. The van der Waals surface area contributed by atoms with Gasteiger partial charge in [0.25, 0.3) is 0 Å². The maximum Gasteiger partial charge on any atom is 0.416 e. The lowest BCUT2D eigenvalue weighted by atomic mass is 10.2. The summed E-state index contributed by atoms with van der Waals surface area (Å²) in [7, 11) is 0. The van der Waals surface area contributed by atoms with Crippen LogP contribution >= 0.6 is 15.9 Å². The van der Waals surface area contributed by atoms with Gasteiger partial charge in [0, 0.05) is 11.8 Å². The monoisotopic (exact) mass is 331 g/mol. The van der Waals surface area contributed by atoms with Crippen LogP contribution in [-0.4, -0.2) is 0 Å². The van der Waals surface area contributed by atoms with E-state index >= 15 is 0 Å². The molecule has 0 aromatic heterocycles. The first-order valence-electron chi connectivity index (χ1n) is 5.26. The lowest BCUT2D eigenvalue weighted by Crippen LogP contribution is -2.06. The Morgan fingerprint density at radius 3 is 2.37 bits per heavy atom. The van der Waals surface area contributed by atoms with Gasteiger partial charge >= 0.3 is 6.18 Å². The van der Waals surface area contributed by atoms with E-state index in [0.29, 0.717) is 10.2 Å². The van der Waals surface area contributed by atoms with Crippen LogP contribution in [-0.2, 0) is 6.18 Å². The second-order valence-corrected chi connectivity index (χ2v) is 4.68. The highest BCUT2D eigenvalue weighted by atomic mass is 79.9. The molecule has 0 aliphatic rings. The van der Waals surface area contributed by atoms with Crippen molar-refractivity contribution in [3.63, 3.8) is 0 Å². The first-order valence-corrected chi connectivity index (χ1v) is 6.06. The molecule has 2 aromatic carbocycles. The number of anilines is 1. The number of rotatable bonds is 2. The lowest BCUT2D eigenvalue weighted by molar-refractivity contribution is -0.137. The molecule has 2 aromatic rings. The van der Waals surface area contributed by atoms with Gasteiger partial charge in [-0.05, 0) is 40.2 Å². The fraction of sp³-hybridized carbons (Fsp3) is 0.0769. The molecule has 19 heavy (non-hydrogen) atoms. The number of ether oxygens (including phenoxy) is 1. The average Bonchev–Trinajstić information content (AvgIpc) is 2.30. The number of nitrogens with two attached hydrogens (primary N) is 1.